The summed E-state index contributed by atoms with van der Waals surface area (Å²) in [6, 6.07) is 71.3. The summed E-state index contributed by atoms with van der Waals surface area (Å²) in [5, 5.41) is 12.7. The van der Waals surface area contributed by atoms with Gasteiger partial charge in [0.05, 0.1) is 28.0 Å². The molecule has 368 valence electrons. The Kier molecular flexibility index (Phi) is 11.4. The number of fused-ring (bicyclic) bond motifs is 1. The molecule has 0 saturated heterocycles. The molecule has 0 saturated carbocycles. The lowest BCUT2D eigenvalue weighted by atomic mass is 9.85. The van der Waals surface area contributed by atoms with E-state index in [4.69, 9.17) is 14.1 Å². The third kappa shape index (κ3) is 9.61. The van der Waals surface area contributed by atoms with Crippen molar-refractivity contribution in [1.29, 1.82) is 0 Å². The van der Waals surface area contributed by atoms with Crippen molar-refractivity contribution < 1.29 is 12.0 Å². The molecule has 0 fully saturated rings. The quantitative estimate of drug-likeness (QED) is 0.140. The number of imidazole rings is 1. The number of aromatic hydroxyl groups is 1. The first-order valence-electron chi connectivity index (χ1n) is 28.2. The van der Waals surface area contributed by atoms with E-state index in [1.807, 2.05) is 95.7 Å². The maximum atomic E-state index is 12.7. The molecule has 4 heteroatoms. The van der Waals surface area contributed by atoms with Gasteiger partial charge in [0.25, 0.3) is 0 Å². The standard InChI is InChI=1S/C71H63N3O/c1-45(2)55-41-61(46(3)4)69(75)64(42-55)70-73-68-60(25-18-26-66(68)74(70)67-44-62(52-23-16-11-17-24-52)47(5)37-63(67)53-31-33-59(34-32-53)71(6,7)8)57-38-56(49-21-14-10-15-22-49)39-58(40-57)65-43-54(35-36-72-65)51-29-27-50(28-30-51)48-19-12-9-13-20-48/h9-46,75H,1-8H3/i5D3,45D,46D. The SMILES string of the molecule is [2H]C([2H])([2H])c1cc(-c2ccc(C(C)(C)C)cc2)c(-n2c(-c3cc(C([2H])(C)C)cc(C([2H])(C)C)c3O)nc3c(-c4cc(-c5ccccc5)cc(-c5cc(-c6ccc(-c7ccccc7)cc6)ccn5)c4)cccc32)cc1-c1ccccc1. The molecule has 4 nitrogen and oxygen atoms in total. The number of aryl methyl sites for hydroxylation is 1. The number of hydrogen-bond acceptors (Lipinski definition) is 3. The summed E-state index contributed by atoms with van der Waals surface area (Å²) in [4.78, 5) is 10.6. The highest BCUT2D eigenvalue weighted by Gasteiger charge is 2.26. The fourth-order valence-corrected chi connectivity index (χ4v) is 10.2. The van der Waals surface area contributed by atoms with E-state index in [1.54, 1.807) is 39.8 Å². The van der Waals surface area contributed by atoms with Crippen molar-refractivity contribution in [1.82, 2.24) is 14.5 Å². The first kappa shape index (κ1) is 42.9. The fraction of sp³-hybridized carbons (Fsp3) is 0.155. The van der Waals surface area contributed by atoms with Gasteiger partial charge in [0, 0.05) is 29.7 Å². The van der Waals surface area contributed by atoms with E-state index in [1.165, 1.54) is 0 Å². The van der Waals surface area contributed by atoms with Gasteiger partial charge >= 0.3 is 0 Å². The number of hydrogen-bond donors (Lipinski definition) is 1. The predicted molar refractivity (Wildman–Crippen MR) is 316 cm³/mol. The summed E-state index contributed by atoms with van der Waals surface area (Å²) in [6.45, 7) is 11.1. The summed E-state index contributed by atoms with van der Waals surface area (Å²) in [6.07, 6.45) is 1.86. The van der Waals surface area contributed by atoms with Gasteiger partial charge in [-0.05, 0) is 157 Å². The first-order chi connectivity index (χ1) is 38.1. The molecule has 9 aromatic carbocycles. The number of para-hydroxylation sites is 1. The van der Waals surface area contributed by atoms with Crippen LogP contribution < -0.4 is 0 Å². The Morgan fingerprint density at radius 1 is 0.480 bits per heavy atom. The molecule has 0 atom stereocenters. The van der Waals surface area contributed by atoms with Crippen LogP contribution in [-0.4, -0.2) is 19.6 Å². The van der Waals surface area contributed by atoms with E-state index in [0.717, 1.165) is 72.5 Å². The van der Waals surface area contributed by atoms with E-state index in [2.05, 4.69) is 136 Å². The predicted octanol–water partition coefficient (Wildman–Crippen LogP) is 19.3. The minimum Gasteiger partial charge on any atom is -0.507 e. The Morgan fingerprint density at radius 3 is 1.68 bits per heavy atom. The maximum Gasteiger partial charge on any atom is 0.149 e. The van der Waals surface area contributed by atoms with E-state index >= 15 is 0 Å². The molecule has 0 unspecified atom stereocenters. The zero-order valence-corrected chi connectivity index (χ0v) is 43.6. The second kappa shape index (κ2) is 20.0. The van der Waals surface area contributed by atoms with Crippen LogP contribution in [0.2, 0.25) is 0 Å². The van der Waals surface area contributed by atoms with Gasteiger partial charge in [-0.1, -0.05) is 206 Å². The van der Waals surface area contributed by atoms with Crippen LogP contribution in [0.5, 0.6) is 5.75 Å². The molecule has 2 heterocycles. The highest BCUT2D eigenvalue weighted by atomic mass is 16.3. The van der Waals surface area contributed by atoms with Crippen molar-refractivity contribution in [2.45, 2.75) is 72.5 Å². The third-order valence-corrected chi connectivity index (χ3v) is 14.4. The summed E-state index contributed by atoms with van der Waals surface area (Å²) in [5.41, 5.74) is 16.9. The molecule has 1 N–H and O–H groups in total. The number of phenolic OH excluding ortho intramolecular Hbond substituents is 1. The van der Waals surface area contributed by atoms with Crippen molar-refractivity contribution in [2.75, 3.05) is 0 Å². The Labute approximate surface area is 449 Å². The number of aromatic nitrogens is 3. The van der Waals surface area contributed by atoms with Crippen molar-refractivity contribution in [3.05, 3.63) is 241 Å². The first-order valence-corrected chi connectivity index (χ1v) is 25.7. The van der Waals surface area contributed by atoms with Gasteiger partial charge in [-0.15, -0.1) is 0 Å². The molecular weight excluding hydrogens is 911 g/mol. The van der Waals surface area contributed by atoms with E-state index in [0.29, 0.717) is 50.4 Å². The highest BCUT2D eigenvalue weighted by Crippen LogP contribution is 2.46. The summed E-state index contributed by atoms with van der Waals surface area (Å²) >= 11 is 0. The van der Waals surface area contributed by atoms with Gasteiger partial charge in [0.1, 0.15) is 11.6 Å². The summed E-state index contributed by atoms with van der Waals surface area (Å²) in [7, 11) is 0. The highest BCUT2D eigenvalue weighted by molar-refractivity contribution is 5.99. The van der Waals surface area contributed by atoms with Gasteiger partial charge in [-0.25, -0.2) is 4.98 Å². The molecule has 75 heavy (non-hydrogen) atoms. The van der Waals surface area contributed by atoms with Gasteiger partial charge in [-0.2, -0.15) is 0 Å². The molecule has 0 spiro atoms. The zero-order valence-electron chi connectivity index (χ0n) is 48.6. The van der Waals surface area contributed by atoms with Crippen molar-refractivity contribution in [3.8, 4) is 101 Å². The lowest BCUT2D eigenvalue weighted by Gasteiger charge is -2.22. The van der Waals surface area contributed by atoms with Crippen LogP contribution in [0.25, 0.3) is 106 Å². The molecule has 0 aliphatic carbocycles. The lowest BCUT2D eigenvalue weighted by molar-refractivity contribution is 0.466. The average Bonchev–Trinajstić information content (AvgIpc) is 3.88. The van der Waals surface area contributed by atoms with E-state index in [-0.39, 0.29) is 16.7 Å². The zero-order chi connectivity index (χ0) is 56.3. The molecule has 2 aromatic heterocycles. The van der Waals surface area contributed by atoms with Gasteiger partial charge in [-0.3, -0.25) is 9.55 Å². The second-order valence-corrected chi connectivity index (χ2v) is 21.0. The Hall–Kier alpha value is -8.60. The number of nitrogens with zero attached hydrogens (tertiary/aromatic N) is 3. The monoisotopic (exact) mass is 979 g/mol. The Bertz CT molecular complexity index is 4070. The molecule has 11 rings (SSSR count). The van der Waals surface area contributed by atoms with Crippen LogP contribution in [0.15, 0.2) is 219 Å². The van der Waals surface area contributed by atoms with Crippen LogP contribution in [0.4, 0.5) is 0 Å². The fourth-order valence-electron chi connectivity index (χ4n) is 10.2. The van der Waals surface area contributed by atoms with Gasteiger partial charge < -0.3 is 5.11 Å². The summed E-state index contributed by atoms with van der Waals surface area (Å²) < 4.78 is 47.7. The van der Waals surface area contributed by atoms with E-state index < -0.39 is 18.6 Å². The van der Waals surface area contributed by atoms with Crippen LogP contribution in [-0.2, 0) is 5.41 Å². The molecule has 0 aliphatic heterocycles. The Morgan fingerprint density at radius 2 is 1.05 bits per heavy atom. The van der Waals surface area contributed by atoms with Gasteiger partial charge in [0.15, 0.2) is 0 Å². The van der Waals surface area contributed by atoms with Crippen LogP contribution in [0.3, 0.4) is 0 Å². The second-order valence-electron chi connectivity index (χ2n) is 21.0. The Balaban J connectivity index is 1.21. The molecule has 11 aromatic rings. The van der Waals surface area contributed by atoms with Gasteiger partial charge in [0.2, 0.25) is 0 Å². The topological polar surface area (TPSA) is 50.9 Å². The number of pyridine rings is 1. The van der Waals surface area contributed by atoms with Crippen molar-refractivity contribution in [3.63, 3.8) is 0 Å². The van der Waals surface area contributed by atoms with Crippen molar-refractivity contribution >= 4 is 11.0 Å². The smallest absolute Gasteiger partial charge is 0.149 e. The van der Waals surface area contributed by atoms with Crippen LogP contribution in [0.1, 0.15) is 89.4 Å². The molecule has 0 amide bonds. The van der Waals surface area contributed by atoms with Crippen molar-refractivity contribution in [2.24, 2.45) is 0 Å². The lowest BCUT2D eigenvalue weighted by Crippen LogP contribution is -2.10. The number of rotatable bonds is 11. The molecule has 0 aliphatic rings. The number of benzene rings is 9. The minimum atomic E-state index is -2.50. The number of phenols is 1. The molecule has 0 radical (unpaired) electrons. The maximum absolute atomic E-state index is 12.7. The normalized spacial score (nSPS) is 13.2. The van der Waals surface area contributed by atoms with Crippen LogP contribution in [0, 0.1) is 6.85 Å². The third-order valence-electron chi connectivity index (χ3n) is 14.4. The molecule has 0 bridgehead atoms. The largest absolute Gasteiger partial charge is 0.507 e. The van der Waals surface area contributed by atoms with E-state index in [9.17, 15) is 7.85 Å². The summed E-state index contributed by atoms with van der Waals surface area (Å²) in [5.74, 6) is -2.16. The minimum absolute atomic E-state index is 0.122. The van der Waals surface area contributed by atoms with Crippen LogP contribution >= 0.6 is 0 Å². The average molecular weight is 979 g/mol. The molecular formula is C71H63N3O.